The van der Waals surface area contributed by atoms with Crippen LogP contribution >= 0.6 is 0 Å². The molecule has 1 fully saturated rings. The highest BCUT2D eigenvalue weighted by molar-refractivity contribution is 7.89. The third kappa shape index (κ3) is 5.71. The van der Waals surface area contributed by atoms with Crippen LogP contribution in [-0.2, 0) is 19.5 Å². The maximum atomic E-state index is 12.6. The zero-order valence-electron chi connectivity index (χ0n) is 17.6. The van der Waals surface area contributed by atoms with Crippen LogP contribution in [-0.4, -0.2) is 56.9 Å². The topological polar surface area (TPSA) is 119 Å². The molecule has 1 N–H and O–H groups in total. The number of rotatable bonds is 8. The Morgan fingerprint density at radius 1 is 0.969 bits per heavy atom. The fourth-order valence-electron chi connectivity index (χ4n) is 3.20. The highest BCUT2D eigenvalue weighted by Gasteiger charge is 2.27. The van der Waals surface area contributed by atoms with E-state index in [0.717, 1.165) is 12.8 Å². The standard InChI is InChI=1S/C22H24N2O7S/c1-2-30-22(27)23-18-7-5-6-17(14-18)21(26)31-15-20(25)16-8-10-19(11-9-16)32(28,29)24-12-3-4-13-24/h5-11,14H,2-4,12-13,15H2,1H3,(H,23,27). The number of carbonyl (C=O) groups is 3. The minimum atomic E-state index is -3.56. The van der Waals surface area contributed by atoms with Gasteiger partial charge in [0.1, 0.15) is 0 Å². The number of nitrogens with one attached hydrogen (secondary N) is 1. The molecule has 0 saturated carbocycles. The summed E-state index contributed by atoms with van der Waals surface area (Å²) in [5.74, 6) is -1.21. The van der Waals surface area contributed by atoms with Crippen LogP contribution in [0.1, 0.15) is 40.5 Å². The maximum Gasteiger partial charge on any atom is 0.411 e. The van der Waals surface area contributed by atoms with E-state index in [1.807, 2.05) is 0 Å². The Hall–Kier alpha value is -3.24. The largest absolute Gasteiger partial charge is 0.454 e. The minimum absolute atomic E-state index is 0.124. The van der Waals surface area contributed by atoms with Crippen LogP contribution in [0.3, 0.4) is 0 Å². The summed E-state index contributed by atoms with van der Waals surface area (Å²) < 4.78 is 36.4. The molecule has 0 aromatic heterocycles. The molecular weight excluding hydrogens is 436 g/mol. The number of Topliss-reactive ketones (excluding diaryl/α,β-unsaturated/α-hetero) is 1. The first-order chi connectivity index (χ1) is 15.3. The average Bonchev–Trinajstić information content (AvgIpc) is 3.33. The molecule has 0 spiro atoms. The lowest BCUT2D eigenvalue weighted by atomic mass is 10.1. The van der Waals surface area contributed by atoms with Gasteiger partial charge in [-0.3, -0.25) is 10.1 Å². The lowest BCUT2D eigenvalue weighted by Crippen LogP contribution is -2.27. The van der Waals surface area contributed by atoms with E-state index in [0.29, 0.717) is 18.8 Å². The van der Waals surface area contributed by atoms with E-state index in [1.165, 1.54) is 40.7 Å². The summed E-state index contributed by atoms with van der Waals surface area (Å²) in [7, 11) is -3.56. The first kappa shape index (κ1) is 23.4. The van der Waals surface area contributed by atoms with Crippen LogP contribution in [0.25, 0.3) is 0 Å². The van der Waals surface area contributed by atoms with E-state index < -0.39 is 34.5 Å². The molecule has 9 nitrogen and oxygen atoms in total. The number of sulfonamides is 1. The van der Waals surface area contributed by atoms with E-state index in [1.54, 1.807) is 19.1 Å². The number of hydrogen-bond donors (Lipinski definition) is 1. The van der Waals surface area contributed by atoms with Crippen LogP contribution in [0.5, 0.6) is 0 Å². The summed E-state index contributed by atoms with van der Waals surface area (Å²) in [6, 6.07) is 11.6. The van der Waals surface area contributed by atoms with Gasteiger partial charge < -0.3 is 9.47 Å². The van der Waals surface area contributed by atoms with Gasteiger partial charge in [-0.1, -0.05) is 6.07 Å². The summed E-state index contributed by atoms with van der Waals surface area (Å²) in [5, 5.41) is 2.48. The molecule has 2 aromatic rings. The van der Waals surface area contributed by atoms with Crippen molar-refractivity contribution in [2.24, 2.45) is 0 Å². The van der Waals surface area contributed by atoms with Gasteiger partial charge >= 0.3 is 12.1 Å². The SMILES string of the molecule is CCOC(=O)Nc1cccc(C(=O)OCC(=O)c2ccc(S(=O)(=O)N3CCCC3)cc2)c1. The van der Waals surface area contributed by atoms with Crippen molar-refractivity contribution in [3.63, 3.8) is 0 Å². The Morgan fingerprint density at radius 2 is 1.66 bits per heavy atom. The summed E-state index contributed by atoms with van der Waals surface area (Å²) >= 11 is 0. The monoisotopic (exact) mass is 460 g/mol. The fraction of sp³-hybridized carbons (Fsp3) is 0.318. The van der Waals surface area contributed by atoms with Gasteiger partial charge in [0.2, 0.25) is 10.0 Å². The number of anilines is 1. The van der Waals surface area contributed by atoms with Crippen molar-refractivity contribution < 1.29 is 32.3 Å². The molecule has 0 unspecified atom stereocenters. The van der Waals surface area contributed by atoms with Crippen LogP contribution < -0.4 is 5.32 Å². The number of ether oxygens (including phenoxy) is 2. The molecule has 2 aromatic carbocycles. The van der Waals surface area contributed by atoms with Crippen molar-refractivity contribution in [2.75, 3.05) is 31.6 Å². The van der Waals surface area contributed by atoms with E-state index >= 15 is 0 Å². The van der Waals surface area contributed by atoms with Crippen molar-refractivity contribution in [3.05, 3.63) is 59.7 Å². The van der Waals surface area contributed by atoms with Gasteiger partial charge in [-0.15, -0.1) is 0 Å². The Morgan fingerprint density at radius 3 is 2.31 bits per heavy atom. The number of ketones is 1. The number of hydrogen-bond acceptors (Lipinski definition) is 7. The first-order valence-corrected chi connectivity index (χ1v) is 11.6. The van der Waals surface area contributed by atoms with Gasteiger partial charge in [0.15, 0.2) is 12.4 Å². The van der Waals surface area contributed by atoms with Gasteiger partial charge in [0, 0.05) is 24.3 Å². The molecule has 0 radical (unpaired) electrons. The Kier molecular flexibility index (Phi) is 7.60. The normalized spacial score (nSPS) is 14.0. The molecule has 170 valence electrons. The van der Waals surface area contributed by atoms with Crippen LogP contribution in [0.2, 0.25) is 0 Å². The minimum Gasteiger partial charge on any atom is -0.454 e. The third-order valence-electron chi connectivity index (χ3n) is 4.83. The van der Waals surface area contributed by atoms with E-state index in [4.69, 9.17) is 9.47 Å². The van der Waals surface area contributed by atoms with Gasteiger partial charge in [-0.2, -0.15) is 4.31 Å². The Balaban J connectivity index is 1.58. The second-order valence-corrected chi connectivity index (χ2v) is 9.00. The van der Waals surface area contributed by atoms with Crippen LogP contribution in [0.15, 0.2) is 53.4 Å². The molecule has 10 heteroatoms. The van der Waals surface area contributed by atoms with Crippen molar-refractivity contribution >= 4 is 33.6 Å². The molecule has 1 aliphatic rings. The smallest absolute Gasteiger partial charge is 0.411 e. The maximum absolute atomic E-state index is 12.6. The number of nitrogens with zero attached hydrogens (tertiary/aromatic N) is 1. The van der Waals surface area contributed by atoms with Crippen LogP contribution in [0.4, 0.5) is 10.5 Å². The van der Waals surface area contributed by atoms with Crippen molar-refractivity contribution in [3.8, 4) is 0 Å². The second-order valence-electron chi connectivity index (χ2n) is 7.06. The van der Waals surface area contributed by atoms with E-state index in [-0.39, 0.29) is 22.6 Å². The predicted molar refractivity (Wildman–Crippen MR) is 116 cm³/mol. The highest BCUT2D eigenvalue weighted by atomic mass is 32.2. The summed E-state index contributed by atoms with van der Waals surface area (Å²) in [5.41, 5.74) is 0.731. The molecule has 32 heavy (non-hydrogen) atoms. The van der Waals surface area contributed by atoms with Crippen LogP contribution in [0, 0.1) is 0 Å². The van der Waals surface area contributed by atoms with Crippen molar-refractivity contribution in [2.45, 2.75) is 24.7 Å². The molecule has 0 aliphatic carbocycles. The van der Waals surface area contributed by atoms with Gasteiger partial charge in [0.25, 0.3) is 0 Å². The molecule has 1 aliphatic heterocycles. The summed E-state index contributed by atoms with van der Waals surface area (Å²) in [6.07, 6.45) is 1.02. The molecule has 1 heterocycles. The molecule has 0 bridgehead atoms. The van der Waals surface area contributed by atoms with E-state index in [2.05, 4.69) is 5.32 Å². The number of esters is 1. The Labute approximate surface area is 186 Å². The number of benzene rings is 2. The van der Waals surface area contributed by atoms with Gasteiger partial charge in [0.05, 0.1) is 17.1 Å². The fourth-order valence-corrected chi connectivity index (χ4v) is 4.71. The summed E-state index contributed by atoms with van der Waals surface area (Å²) in [4.78, 5) is 36.3. The molecular formula is C22H24N2O7S. The number of amides is 1. The number of carbonyl (C=O) groups excluding carboxylic acids is 3. The molecule has 3 rings (SSSR count). The summed E-state index contributed by atoms with van der Waals surface area (Å²) in [6.45, 7) is 2.36. The lowest BCUT2D eigenvalue weighted by molar-refractivity contribution is 0.0474. The van der Waals surface area contributed by atoms with Gasteiger partial charge in [-0.25, -0.2) is 18.0 Å². The zero-order chi connectivity index (χ0) is 23.1. The van der Waals surface area contributed by atoms with E-state index in [9.17, 15) is 22.8 Å². The highest BCUT2D eigenvalue weighted by Crippen LogP contribution is 2.21. The Bertz CT molecular complexity index is 1090. The quantitative estimate of drug-likeness (QED) is 0.475. The second kappa shape index (κ2) is 10.4. The predicted octanol–water partition coefficient (Wildman–Crippen LogP) is 3.08. The molecule has 1 saturated heterocycles. The van der Waals surface area contributed by atoms with Gasteiger partial charge in [-0.05, 0) is 62.2 Å². The molecule has 1 amide bonds. The van der Waals surface area contributed by atoms with Crippen molar-refractivity contribution in [1.82, 2.24) is 4.31 Å². The average molecular weight is 461 g/mol. The molecule has 0 atom stereocenters. The lowest BCUT2D eigenvalue weighted by Gasteiger charge is -2.15. The first-order valence-electron chi connectivity index (χ1n) is 10.2. The van der Waals surface area contributed by atoms with Crippen molar-refractivity contribution in [1.29, 1.82) is 0 Å². The zero-order valence-corrected chi connectivity index (χ0v) is 18.4. The third-order valence-corrected chi connectivity index (χ3v) is 6.75.